The lowest BCUT2D eigenvalue weighted by molar-refractivity contribution is 1.19. The van der Waals surface area contributed by atoms with Gasteiger partial charge in [0.05, 0.1) is 19.2 Å². The predicted molar refractivity (Wildman–Crippen MR) is 85.4 cm³/mol. The summed E-state index contributed by atoms with van der Waals surface area (Å²) in [6.07, 6.45) is 0. The molecular formula is C14H17IN2Si. The molecule has 0 amide bonds. The number of nitriles is 2. The molecule has 4 heteroatoms. The van der Waals surface area contributed by atoms with Crippen LogP contribution in [0.1, 0.15) is 31.9 Å². The Morgan fingerprint density at radius 1 is 1.00 bits per heavy atom. The van der Waals surface area contributed by atoms with Crippen LogP contribution >= 0.6 is 22.6 Å². The highest BCUT2D eigenvalue weighted by Crippen LogP contribution is 2.24. The molecule has 18 heavy (non-hydrogen) atoms. The van der Waals surface area contributed by atoms with Crippen LogP contribution in [0.2, 0.25) is 18.1 Å². The molecule has 0 saturated carbocycles. The van der Waals surface area contributed by atoms with Gasteiger partial charge in [0.1, 0.15) is 12.1 Å². The number of rotatable bonds is 4. The van der Waals surface area contributed by atoms with Gasteiger partial charge < -0.3 is 0 Å². The van der Waals surface area contributed by atoms with E-state index in [0.717, 1.165) is 3.57 Å². The molecule has 0 fully saturated rings. The Hall–Kier alpha value is -0.853. The minimum atomic E-state index is -1.49. The fraction of sp³-hybridized carbons (Fsp3) is 0.429. The molecule has 0 aliphatic heterocycles. The monoisotopic (exact) mass is 368 g/mol. The summed E-state index contributed by atoms with van der Waals surface area (Å²) in [6, 6.07) is 11.7. The lowest BCUT2D eigenvalue weighted by Crippen LogP contribution is -2.47. The van der Waals surface area contributed by atoms with Crippen LogP contribution in [0.25, 0.3) is 0 Å². The summed E-state index contributed by atoms with van der Waals surface area (Å²) in [5.74, 6) is 0. The molecule has 0 spiro atoms. The maximum absolute atomic E-state index is 9.16. The van der Waals surface area contributed by atoms with Crippen molar-refractivity contribution in [2.45, 2.75) is 38.9 Å². The molecule has 0 bridgehead atoms. The number of hydrogen-bond donors (Lipinski definition) is 0. The molecule has 2 nitrogen and oxygen atoms in total. The average Bonchev–Trinajstić information content (AvgIpc) is 2.42. The van der Waals surface area contributed by atoms with Crippen LogP contribution in [0.3, 0.4) is 0 Å². The third-order valence-corrected chi connectivity index (χ3v) is 11.0. The maximum Gasteiger partial charge on any atom is 0.101 e. The van der Waals surface area contributed by atoms with Gasteiger partial charge in [-0.25, -0.2) is 0 Å². The van der Waals surface area contributed by atoms with Crippen LogP contribution in [-0.4, -0.2) is 8.07 Å². The van der Waals surface area contributed by atoms with Crippen molar-refractivity contribution in [1.29, 1.82) is 10.5 Å². The van der Waals surface area contributed by atoms with Crippen LogP contribution < -0.4 is 5.19 Å². The third-order valence-electron chi connectivity index (χ3n) is 3.95. The Morgan fingerprint density at radius 2 is 1.44 bits per heavy atom. The van der Waals surface area contributed by atoms with Crippen LogP contribution in [0.15, 0.2) is 12.1 Å². The summed E-state index contributed by atoms with van der Waals surface area (Å²) >= 11 is 2.31. The predicted octanol–water partition coefficient (Wildman–Crippen LogP) is 3.75. The van der Waals surface area contributed by atoms with Crippen molar-refractivity contribution >= 4 is 35.9 Å². The van der Waals surface area contributed by atoms with Crippen molar-refractivity contribution in [1.82, 2.24) is 0 Å². The zero-order valence-corrected chi connectivity index (χ0v) is 14.2. The van der Waals surface area contributed by atoms with Crippen molar-refractivity contribution < 1.29 is 0 Å². The van der Waals surface area contributed by atoms with Crippen molar-refractivity contribution in [3.8, 4) is 12.1 Å². The molecule has 0 aromatic heterocycles. The van der Waals surface area contributed by atoms with Crippen LogP contribution in [0.4, 0.5) is 0 Å². The first-order valence-corrected chi connectivity index (χ1v) is 9.92. The molecule has 0 unspecified atom stereocenters. The van der Waals surface area contributed by atoms with E-state index in [2.05, 4.69) is 55.5 Å². The minimum Gasteiger partial charge on any atom is -0.192 e. The Bertz CT molecular complexity index is 514. The Morgan fingerprint density at radius 3 is 1.83 bits per heavy atom. The van der Waals surface area contributed by atoms with Gasteiger partial charge in [0, 0.05) is 3.57 Å². The molecule has 0 radical (unpaired) electrons. The molecular weight excluding hydrogens is 351 g/mol. The van der Waals surface area contributed by atoms with Gasteiger partial charge >= 0.3 is 0 Å². The Kier molecular flexibility index (Phi) is 5.37. The SMILES string of the molecule is CC[Si](CC)(CC)c1cc(C#N)c(C#N)cc1I. The number of halogens is 1. The van der Waals surface area contributed by atoms with Crippen LogP contribution in [-0.2, 0) is 0 Å². The summed E-state index contributed by atoms with van der Waals surface area (Å²) < 4.78 is 1.15. The standard InChI is InChI=1S/C14H17IN2Si/c1-4-18(5-2,6-3)14-8-12(10-17)11(9-16)7-13(14)15/h7-8H,4-6H2,1-3H3. The highest BCUT2D eigenvalue weighted by molar-refractivity contribution is 14.1. The van der Waals surface area contributed by atoms with E-state index in [0.29, 0.717) is 11.1 Å². The zero-order valence-electron chi connectivity index (χ0n) is 11.0. The van der Waals surface area contributed by atoms with E-state index in [9.17, 15) is 0 Å². The van der Waals surface area contributed by atoms with E-state index in [-0.39, 0.29) is 0 Å². The molecule has 0 saturated heterocycles. The second-order valence-corrected chi connectivity index (χ2v) is 10.8. The largest absolute Gasteiger partial charge is 0.192 e. The lowest BCUT2D eigenvalue weighted by Gasteiger charge is -2.30. The van der Waals surface area contributed by atoms with Gasteiger partial charge in [0.2, 0.25) is 0 Å². The number of benzene rings is 1. The summed E-state index contributed by atoms with van der Waals surface area (Å²) in [6.45, 7) is 6.75. The summed E-state index contributed by atoms with van der Waals surface area (Å²) in [7, 11) is -1.49. The third kappa shape index (κ3) is 2.60. The smallest absolute Gasteiger partial charge is 0.101 e. The molecule has 0 N–H and O–H groups in total. The van der Waals surface area contributed by atoms with Crippen LogP contribution in [0, 0.1) is 26.2 Å². The van der Waals surface area contributed by atoms with Gasteiger partial charge in [-0.3, -0.25) is 0 Å². The topological polar surface area (TPSA) is 47.6 Å². The van der Waals surface area contributed by atoms with E-state index < -0.39 is 8.07 Å². The first-order chi connectivity index (χ1) is 8.58. The summed E-state index contributed by atoms with van der Waals surface area (Å²) in [4.78, 5) is 0. The normalized spacial score (nSPS) is 10.8. The second kappa shape index (κ2) is 6.35. The van der Waals surface area contributed by atoms with Gasteiger partial charge in [-0.1, -0.05) is 38.9 Å². The van der Waals surface area contributed by atoms with Gasteiger partial charge in [-0.05, 0) is 39.9 Å². The summed E-state index contributed by atoms with van der Waals surface area (Å²) in [5.41, 5.74) is 1.03. The van der Waals surface area contributed by atoms with Gasteiger partial charge in [-0.15, -0.1) is 0 Å². The van der Waals surface area contributed by atoms with Gasteiger partial charge in [0.25, 0.3) is 0 Å². The van der Waals surface area contributed by atoms with Crippen molar-refractivity contribution in [2.24, 2.45) is 0 Å². The minimum absolute atomic E-state index is 0.497. The van der Waals surface area contributed by atoms with E-state index in [1.54, 1.807) is 0 Å². The first-order valence-electron chi connectivity index (χ1n) is 6.22. The molecule has 1 aromatic rings. The van der Waals surface area contributed by atoms with Crippen LogP contribution in [0.5, 0.6) is 0 Å². The molecule has 1 rings (SSSR count). The molecule has 0 atom stereocenters. The first kappa shape index (κ1) is 15.2. The van der Waals surface area contributed by atoms with Crippen molar-refractivity contribution in [3.05, 3.63) is 26.8 Å². The molecule has 94 valence electrons. The summed E-state index contributed by atoms with van der Waals surface area (Å²) in [5, 5.41) is 19.6. The molecule has 0 aliphatic rings. The molecule has 0 aliphatic carbocycles. The fourth-order valence-electron chi connectivity index (χ4n) is 2.49. The maximum atomic E-state index is 9.16. The van der Waals surface area contributed by atoms with E-state index in [4.69, 9.17) is 10.5 Å². The zero-order chi connectivity index (χ0) is 13.8. The Balaban J connectivity index is 3.52. The molecule has 0 heterocycles. The van der Waals surface area contributed by atoms with E-state index >= 15 is 0 Å². The fourth-order valence-corrected chi connectivity index (χ4v) is 8.34. The number of hydrogen-bond acceptors (Lipinski definition) is 2. The van der Waals surface area contributed by atoms with Crippen molar-refractivity contribution in [3.63, 3.8) is 0 Å². The molecule has 1 aromatic carbocycles. The van der Waals surface area contributed by atoms with Crippen molar-refractivity contribution in [2.75, 3.05) is 0 Å². The highest BCUT2D eigenvalue weighted by Gasteiger charge is 2.31. The highest BCUT2D eigenvalue weighted by atomic mass is 127. The Labute approximate surface area is 124 Å². The lowest BCUT2D eigenvalue weighted by atomic mass is 10.1. The average molecular weight is 368 g/mol. The second-order valence-electron chi connectivity index (χ2n) is 4.44. The van der Waals surface area contributed by atoms with E-state index in [1.165, 1.54) is 23.3 Å². The van der Waals surface area contributed by atoms with Gasteiger partial charge in [-0.2, -0.15) is 10.5 Å². The van der Waals surface area contributed by atoms with Gasteiger partial charge in [0.15, 0.2) is 0 Å². The van der Waals surface area contributed by atoms with E-state index in [1.807, 2.05) is 12.1 Å². The number of nitrogens with zero attached hydrogens (tertiary/aromatic N) is 2. The quantitative estimate of drug-likeness (QED) is 0.600.